The van der Waals surface area contributed by atoms with Gasteiger partial charge in [0.2, 0.25) is 5.91 Å². The van der Waals surface area contributed by atoms with Gasteiger partial charge in [-0.2, -0.15) is 0 Å². The highest BCUT2D eigenvalue weighted by molar-refractivity contribution is 5.95. The molecule has 1 atom stereocenters. The fourth-order valence-electron chi connectivity index (χ4n) is 1.86. The van der Waals surface area contributed by atoms with Gasteiger partial charge in [0.1, 0.15) is 0 Å². The SMILES string of the molecule is NCC1CC(=O)N(c2ccc(F)c(O)c2)C1. The Hall–Kier alpha value is -1.62. The molecule has 1 aromatic rings. The molecule has 0 saturated carbocycles. The van der Waals surface area contributed by atoms with Crippen LogP contribution in [0.1, 0.15) is 6.42 Å². The van der Waals surface area contributed by atoms with Crippen LogP contribution >= 0.6 is 0 Å². The third-order valence-electron chi connectivity index (χ3n) is 2.78. The molecule has 0 aliphatic carbocycles. The number of phenols is 1. The zero-order chi connectivity index (χ0) is 11.7. The molecule has 0 bridgehead atoms. The summed E-state index contributed by atoms with van der Waals surface area (Å²) in [4.78, 5) is 13.2. The van der Waals surface area contributed by atoms with Gasteiger partial charge >= 0.3 is 0 Å². The van der Waals surface area contributed by atoms with Crippen molar-refractivity contribution in [3.63, 3.8) is 0 Å². The number of hydrogen-bond acceptors (Lipinski definition) is 3. The van der Waals surface area contributed by atoms with E-state index in [0.717, 1.165) is 6.07 Å². The zero-order valence-corrected chi connectivity index (χ0v) is 8.69. The Morgan fingerprint density at radius 2 is 2.31 bits per heavy atom. The van der Waals surface area contributed by atoms with E-state index in [2.05, 4.69) is 0 Å². The number of halogens is 1. The first kappa shape index (κ1) is 10.9. The lowest BCUT2D eigenvalue weighted by atomic mass is 10.1. The third kappa shape index (κ3) is 1.86. The summed E-state index contributed by atoms with van der Waals surface area (Å²) in [5.74, 6) is -1.03. The lowest BCUT2D eigenvalue weighted by molar-refractivity contribution is -0.117. The van der Waals surface area contributed by atoms with E-state index in [1.807, 2.05) is 0 Å². The van der Waals surface area contributed by atoms with Crippen molar-refractivity contribution < 1.29 is 14.3 Å². The van der Waals surface area contributed by atoms with Crippen molar-refractivity contribution in [1.29, 1.82) is 0 Å². The fraction of sp³-hybridized carbons (Fsp3) is 0.364. The van der Waals surface area contributed by atoms with Crippen molar-refractivity contribution in [2.45, 2.75) is 6.42 Å². The second-order valence-electron chi connectivity index (χ2n) is 3.95. The van der Waals surface area contributed by atoms with Gasteiger partial charge in [-0.25, -0.2) is 4.39 Å². The van der Waals surface area contributed by atoms with E-state index in [-0.39, 0.29) is 11.8 Å². The van der Waals surface area contributed by atoms with Crippen LogP contribution in [0.25, 0.3) is 0 Å². The zero-order valence-electron chi connectivity index (χ0n) is 8.69. The summed E-state index contributed by atoms with van der Waals surface area (Å²) in [6, 6.07) is 3.88. The van der Waals surface area contributed by atoms with Crippen LogP contribution in [0.15, 0.2) is 18.2 Å². The molecule has 2 rings (SSSR count). The number of benzene rings is 1. The maximum atomic E-state index is 12.9. The van der Waals surface area contributed by atoms with Crippen LogP contribution in [0.5, 0.6) is 5.75 Å². The van der Waals surface area contributed by atoms with Crippen molar-refractivity contribution in [3.05, 3.63) is 24.0 Å². The first-order chi connectivity index (χ1) is 7.61. The van der Waals surface area contributed by atoms with Crippen LogP contribution in [-0.4, -0.2) is 24.1 Å². The van der Waals surface area contributed by atoms with Crippen molar-refractivity contribution in [2.24, 2.45) is 11.7 Å². The summed E-state index contributed by atoms with van der Waals surface area (Å²) in [6.07, 6.45) is 0.411. The molecule has 1 aliphatic rings. The van der Waals surface area contributed by atoms with Gasteiger partial charge in [0.05, 0.1) is 0 Å². The lowest BCUT2D eigenvalue weighted by Crippen LogP contribution is -2.25. The maximum Gasteiger partial charge on any atom is 0.227 e. The minimum absolute atomic E-state index is 0.0403. The van der Waals surface area contributed by atoms with Crippen molar-refractivity contribution >= 4 is 11.6 Å². The topological polar surface area (TPSA) is 66.6 Å². The van der Waals surface area contributed by atoms with Gasteiger partial charge < -0.3 is 15.7 Å². The Balaban J connectivity index is 2.24. The van der Waals surface area contributed by atoms with E-state index in [1.165, 1.54) is 17.0 Å². The number of carbonyl (C=O) groups excluding carboxylic acids is 1. The first-order valence-electron chi connectivity index (χ1n) is 5.10. The fourth-order valence-corrected chi connectivity index (χ4v) is 1.86. The second kappa shape index (κ2) is 4.09. The molecule has 1 unspecified atom stereocenters. The van der Waals surface area contributed by atoms with Gasteiger partial charge in [0.15, 0.2) is 11.6 Å². The molecular weight excluding hydrogens is 211 g/mol. The normalized spacial score (nSPS) is 20.5. The molecule has 16 heavy (non-hydrogen) atoms. The molecule has 1 heterocycles. The van der Waals surface area contributed by atoms with Crippen LogP contribution in [0, 0.1) is 11.7 Å². The molecular formula is C11H13FN2O2. The minimum Gasteiger partial charge on any atom is -0.505 e. The lowest BCUT2D eigenvalue weighted by Gasteiger charge is -2.16. The van der Waals surface area contributed by atoms with Crippen molar-refractivity contribution in [2.75, 3.05) is 18.0 Å². The van der Waals surface area contributed by atoms with Gasteiger partial charge in [-0.3, -0.25) is 4.79 Å². The summed E-state index contributed by atoms with van der Waals surface area (Å²) >= 11 is 0. The summed E-state index contributed by atoms with van der Waals surface area (Å²) in [5.41, 5.74) is 6.02. The highest BCUT2D eigenvalue weighted by Gasteiger charge is 2.29. The summed E-state index contributed by atoms with van der Waals surface area (Å²) < 4.78 is 12.9. The largest absolute Gasteiger partial charge is 0.505 e. The van der Waals surface area contributed by atoms with Gasteiger partial charge in [-0.05, 0) is 24.6 Å². The number of rotatable bonds is 2. The summed E-state index contributed by atoms with van der Waals surface area (Å²) in [5, 5.41) is 9.23. The monoisotopic (exact) mass is 224 g/mol. The molecule has 1 fully saturated rings. The van der Waals surface area contributed by atoms with Crippen molar-refractivity contribution in [1.82, 2.24) is 0 Å². The van der Waals surface area contributed by atoms with Crippen LogP contribution in [0.3, 0.4) is 0 Å². The number of carbonyl (C=O) groups is 1. The smallest absolute Gasteiger partial charge is 0.227 e. The highest BCUT2D eigenvalue weighted by Crippen LogP contribution is 2.28. The van der Waals surface area contributed by atoms with Crippen LogP contribution in [0.4, 0.5) is 10.1 Å². The molecule has 0 spiro atoms. The van der Waals surface area contributed by atoms with Crippen LogP contribution in [0.2, 0.25) is 0 Å². The molecule has 86 valence electrons. The molecule has 1 amide bonds. The van der Waals surface area contributed by atoms with E-state index in [1.54, 1.807) is 0 Å². The second-order valence-corrected chi connectivity index (χ2v) is 3.95. The third-order valence-corrected chi connectivity index (χ3v) is 2.78. The van der Waals surface area contributed by atoms with E-state index >= 15 is 0 Å². The molecule has 4 nitrogen and oxygen atoms in total. The van der Waals surface area contributed by atoms with E-state index in [9.17, 15) is 14.3 Å². The number of aromatic hydroxyl groups is 1. The molecule has 3 N–H and O–H groups in total. The Morgan fingerprint density at radius 3 is 2.88 bits per heavy atom. The standard InChI is InChI=1S/C11H13FN2O2/c12-9-2-1-8(4-10(9)15)14-6-7(5-13)3-11(14)16/h1-2,4,7,15H,3,5-6,13H2. The number of hydrogen-bond donors (Lipinski definition) is 2. The Kier molecular flexibility index (Phi) is 2.78. The molecule has 1 aromatic carbocycles. The Bertz CT molecular complexity index is 422. The summed E-state index contributed by atoms with van der Waals surface area (Å²) in [6.45, 7) is 0.982. The highest BCUT2D eigenvalue weighted by atomic mass is 19.1. The number of amides is 1. The Morgan fingerprint density at radius 1 is 1.56 bits per heavy atom. The average Bonchev–Trinajstić information content (AvgIpc) is 2.64. The van der Waals surface area contributed by atoms with Gasteiger partial charge in [0.25, 0.3) is 0 Å². The van der Waals surface area contributed by atoms with Crippen LogP contribution in [-0.2, 0) is 4.79 Å². The van der Waals surface area contributed by atoms with Gasteiger partial charge in [-0.15, -0.1) is 0 Å². The average molecular weight is 224 g/mol. The van der Waals surface area contributed by atoms with Gasteiger partial charge in [-0.1, -0.05) is 0 Å². The maximum absolute atomic E-state index is 12.9. The minimum atomic E-state index is -0.689. The first-order valence-corrected chi connectivity index (χ1v) is 5.10. The van der Waals surface area contributed by atoms with Crippen molar-refractivity contribution in [3.8, 4) is 5.75 Å². The number of anilines is 1. The Labute approximate surface area is 92.5 Å². The van der Waals surface area contributed by atoms with E-state index in [0.29, 0.717) is 25.2 Å². The number of nitrogens with two attached hydrogens (primary N) is 1. The summed E-state index contributed by atoms with van der Waals surface area (Å²) in [7, 11) is 0. The van der Waals surface area contributed by atoms with E-state index < -0.39 is 11.6 Å². The molecule has 1 saturated heterocycles. The molecule has 5 heteroatoms. The van der Waals surface area contributed by atoms with E-state index in [4.69, 9.17) is 5.73 Å². The predicted molar refractivity (Wildman–Crippen MR) is 57.6 cm³/mol. The van der Waals surface area contributed by atoms with Gasteiger partial charge in [0, 0.05) is 24.7 Å². The quantitative estimate of drug-likeness (QED) is 0.782. The van der Waals surface area contributed by atoms with Crippen LogP contribution < -0.4 is 10.6 Å². The predicted octanol–water partition coefficient (Wildman–Crippen LogP) is 0.843. The molecule has 0 radical (unpaired) electrons. The number of phenolic OH excluding ortho intramolecular Hbond substituents is 1. The number of nitrogens with zero attached hydrogens (tertiary/aromatic N) is 1. The molecule has 1 aliphatic heterocycles. The molecule has 0 aromatic heterocycles.